The third-order valence-corrected chi connectivity index (χ3v) is 5.84. The number of aromatic nitrogens is 2. The topological polar surface area (TPSA) is 90.3 Å². The second-order valence-electron chi connectivity index (χ2n) is 6.99. The molecule has 0 fully saturated rings. The molecular formula is C22H23N3O4S. The maximum atomic E-state index is 12.9. The monoisotopic (exact) mass is 425 g/mol. The summed E-state index contributed by atoms with van der Waals surface area (Å²) in [5.74, 6) is -0.917. The van der Waals surface area contributed by atoms with Gasteiger partial charge in [-0.1, -0.05) is 42.2 Å². The molecule has 0 radical (unpaired) electrons. The Morgan fingerprint density at radius 2 is 2.03 bits per heavy atom. The highest BCUT2D eigenvalue weighted by Gasteiger charge is 2.23. The first-order chi connectivity index (χ1) is 14.2. The fraction of sp³-hybridized carbons (Fsp3) is 0.273. The number of nitrogens with zero attached hydrogens (tertiary/aromatic N) is 2. The van der Waals surface area contributed by atoms with E-state index in [0.717, 1.165) is 33.4 Å². The van der Waals surface area contributed by atoms with E-state index < -0.39 is 17.9 Å². The van der Waals surface area contributed by atoms with Crippen LogP contribution in [0.4, 0.5) is 5.13 Å². The summed E-state index contributed by atoms with van der Waals surface area (Å²) in [5.41, 5.74) is 2.71. The minimum atomic E-state index is -0.776. The average Bonchev–Trinajstić information content (AvgIpc) is 3.06. The van der Waals surface area contributed by atoms with Crippen molar-refractivity contribution in [3.8, 4) is 0 Å². The number of benzene rings is 1. The van der Waals surface area contributed by atoms with Gasteiger partial charge in [0.15, 0.2) is 5.13 Å². The van der Waals surface area contributed by atoms with Crippen LogP contribution in [-0.2, 0) is 9.53 Å². The van der Waals surface area contributed by atoms with Crippen LogP contribution in [-0.4, -0.2) is 28.0 Å². The molecular weight excluding hydrogens is 402 g/mol. The standard InChI is InChI=1S/C22H23N3O4S/c1-6-10-29-21(28)19-14(4)23-22(30-19)24-20(27)15(5)25-17(26)11-13(3)16-9-7-8-12(2)18(16)25/h6-9,11,15H,1,10H2,2-5H3,(H,23,24,27). The number of esters is 1. The van der Waals surface area contributed by atoms with E-state index >= 15 is 0 Å². The molecule has 8 heteroatoms. The Morgan fingerprint density at radius 1 is 1.30 bits per heavy atom. The molecule has 7 nitrogen and oxygen atoms in total. The van der Waals surface area contributed by atoms with Crippen LogP contribution in [0.25, 0.3) is 10.9 Å². The van der Waals surface area contributed by atoms with Crippen LogP contribution in [0.5, 0.6) is 0 Å². The summed E-state index contributed by atoms with van der Waals surface area (Å²) in [5, 5.41) is 3.92. The van der Waals surface area contributed by atoms with Crippen LogP contribution in [0.2, 0.25) is 0 Å². The molecule has 1 unspecified atom stereocenters. The minimum absolute atomic E-state index is 0.0949. The number of ether oxygens (including phenoxy) is 1. The number of rotatable bonds is 6. The predicted molar refractivity (Wildman–Crippen MR) is 118 cm³/mol. The highest BCUT2D eigenvalue weighted by Crippen LogP contribution is 2.26. The first kappa shape index (κ1) is 21.4. The minimum Gasteiger partial charge on any atom is -0.457 e. The summed E-state index contributed by atoms with van der Waals surface area (Å²) in [6.07, 6.45) is 1.48. The number of hydrogen-bond acceptors (Lipinski definition) is 6. The van der Waals surface area contributed by atoms with Crippen molar-refractivity contribution in [3.63, 3.8) is 0 Å². The van der Waals surface area contributed by atoms with Crippen LogP contribution in [0.15, 0.2) is 41.7 Å². The Kier molecular flexibility index (Phi) is 6.17. The number of carbonyl (C=O) groups is 2. The molecule has 1 aromatic carbocycles. The number of para-hydroxylation sites is 1. The van der Waals surface area contributed by atoms with Gasteiger partial charge in [-0.2, -0.15) is 0 Å². The Labute approximate surface area is 178 Å². The van der Waals surface area contributed by atoms with Crippen LogP contribution < -0.4 is 10.9 Å². The van der Waals surface area contributed by atoms with E-state index in [1.165, 1.54) is 16.7 Å². The van der Waals surface area contributed by atoms with Crippen molar-refractivity contribution in [2.24, 2.45) is 0 Å². The molecule has 0 aliphatic carbocycles. The van der Waals surface area contributed by atoms with Crippen molar-refractivity contribution in [3.05, 3.63) is 69.0 Å². The van der Waals surface area contributed by atoms with Crippen LogP contribution in [0.3, 0.4) is 0 Å². The van der Waals surface area contributed by atoms with Gasteiger partial charge in [0.05, 0.1) is 11.2 Å². The van der Waals surface area contributed by atoms with Gasteiger partial charge in [0.2, 0.25) is 5.91 Å². The lowest BCUT2D eigenvalue weighted by molar-refractivity contribution is -0.118. The van der Waals surface area contributed by atoms with Crippen LogP contribution in [0.1, 0.15) is 39.5 Å². The highest BCUT2D eigenvalue weighted by molar-refractivity contribution is 7.17. The molecule has 1 amide bonds. The number of pyridine rings is 1. The zero-order valence-corrected chi connectivity index (χ0v) is 18.1. The molecule has 156 valence electrons. The van der Waals surface area contributed by atoms with Crippen molar-refractivity contribution in [2.75, 3.05) is 11.9 Å². The van der Waals surface area contributed by atoms with Crippen LogP contribution >= 0.6 is 11.3 Å². The molecule has 1 N–H and O–H groups in total. The van der Waals surface area contributed by atoms with E-state index in [1.807, 2.05) is 32.0 Å². The molecule has 2 heterocycles. The van der Waals surface area contributed by atoms with Gasteiger partial charge in [-0.3, -0.25) is 14.2 Å². The van der Waals surface area contributed by atoms with E-state index in [4.69, 9.17) is 4.74 Å². The molecule has 1 atom stereocenters. The van der Waals surface area contributed by atoms with E-state index in [9.17, 15) is 14.4 Å². The van der Waals surface area contributed by atoms with Gasteiger partial charge in [-0.15, -0.1) is 0 Å². The Balaban J connectivity index is 1.92. The van der Waals surface area contributed by atoms with Crippen LogP contribution in [0, 0.1) is 20.8 Å². The van der Waals surface area contributed by atoms with Crippen molar-refractivity contribution in [1.29, 1.82) is 0 Å². The summed E-state index contributed by atoms with van der Waals surface area (Å²) in [4.78, 5) is 42.3. The number of hydrogen-bond donors (Lipinski definition) is 1. The second kappa shape index (κ2) is 8.62. The zero-order chi connectivity index (χ0) is 22.0. The van der Waals surface area contributed by atoms with Gasteiger partial charge in [0, 0.05) is 11.5 Å². The molecule has 0 aliphatic rings. The first-order valence-corrected chi connectivity index (χ1v) is 10.2. The Bertz CT molecular complexity index is 1210. The molecule has 30 heavy (non-hydrogen) atoms. The normalized spacial score (nSPS) is 11.9. The van der Waals surface area contributed by atoms with E-state index in [2.05, 4.69) is 16.9 Å². The third kappa shape index (κ3) is 4.04. The molecule has 0 bridgehead atoms. The summed E-state index contributed by atoms with van der Waals surface area (Å²) in [6, 6.07) is 6.53. The quantitative estimate of drug-likeness (QED) is 0.477. The number of fused-ring (bicyclic) bond motifs is 1. The average molecular weight is 426 g/mol. The smallest absolute Gasteiger partial charge is 0.350 e. The third-order valence-electron chi connectivity index (χ3n) is 4.79. The van der Waals surface area contributed by atoms with Gasteiger partial charge in [-0.25, -0.2) is 9.78 Å². The molecule has 3 rings (SSSR count). The van der Waals surface area contributed by atoms with E-state index in [-0.39, 0.29) is 17.3 Å². The largest absolute Gasteiger partial charge is 0.457 e. The number of amides is 1. The maximum Gasteiger partial charge on any atom is 0.350 e. The summed E-state index contributed by atoms with van der Waals surface area (Å²) in [7, 11) is 0. The van der Waals surface area contributed by atoms with Crippen molar-refractivity contribution < 1.29 is 14.3 Å². The number of nitrogens with one attached hydrogen (secondary N) is 1. The Hall–Kier alpha value is -3.26. The predicted octanol–water partition coefficient (Wildman–Crippen LogP) is 3.93. The fourth-order valence-corrected chi connectivity index (χ4v) is 4.15. The highest BCUT2D eigenvalue weighted by atomic mass is 32.1. The molecule has 2 aromatic heterocycles. The van der Waals surface area contributed by atoms with E-state index in [1.54, 1.807) is 13.8 Å². The van der Waals surface area contributed by atoms with Crippen molar-refractivity contribution in [2.45, 2.75) is 33.7 Å². The summed E-state index contributed by atoms with van der Waals surface area (Å²) >= 11 is 1.03. The lowest BCUT2D eigenvalue weighted by Crippen LogP contribution is -2.32. The molecule has 3 aromatic rings. The Morgan fingerprint density at radius 3 is 2.73 bits per heavy atom. The second-order valence-corrected chi connectivity index (χ2v) is 7.99. The number of anilines is 1. The lowest BCUT2D eigenvalue weighted by Gasteiger charge is -2.19. The molecule has 0 aliphatic heterocycles. The lowest BCUT2D eigenvalue weighted by atomic mass is 10.1. The summed E-state index contributed by atoms with van der Waals surface area (Å²) < 4.78 is 6.53. The fourth-order valence-electron chi connectivity index (χ4n) is 3.29. The van der Waals surface area contributed by atoms with Gasteiger partial charge >= 0.3 is 5.97 Å². The number of carbonyl (C=O) groups excluding carboxylic acids is 2. The maximum absolute atomic E-state index is 12.9. The van der Waals surface area contributed by atoms with E-state index in [0.29, 0.717) is 10.6 Å². The number of thiazole rings is 1. The molecule has 0 spiro atoms. The first-order valence-electron chi connectivity index (χ1n) is 9.42. The van der Waals surface area contributed by atoms with Gasteiger partial charge < -0.3 is 10.1 Å². The van der Waals surface area contributed by atoms with Crippen molar-refractivity contribution in [1.82, 2.24) is 9.55 Å². The SMILES string of the molecule is C=CCOC(=O)c1sc(NC(=O)C(C)n2c(=O)cc(C)c3cccc(C)c32)nc1C. The zero-order valence-electron chi connectivity index (χ0n) is 17.3. The van der Waals surface area contributed by atoms with Crippen molar-refractivity contribution >= 4 is 39.2 Å². The summed E-state index contributed by atoms with van der Waals surface area (Å²) in [6.45, 7) is 10.7. The van der Waals surface area contributed by atoms with Gasteiger partial charge in [0.1, 0.15) is 17.5 Å². The van der Waals surface area contributed by atoms with Gasteiger partial charge in [0.25, 0.3) is 5.56 Å². The van der Waals surface area contributed by atoms with Gasteiger partial charge in [-0.05, 0) is 38.8 Å². The molecule has 0 saturated heterocycles. The molecule has 0 saturated carbocycles. The number of aryl methyl sites for hydroxylation is 3.